The summed E-state index contributed by atoms with van der Waals surface area (Å²) < 4.78 is 1.81. The van der Waals surface area contributed by atoms with Crippen molar-refractivity contribution in [3.05, 3.63) is 34.7 Å². The first-order valence-corrected chi connectivity index (χ1v) is 6.05. The molecule has 2 heterocycles. The van der Waals surface area contributed by atoms with Crippen LogP contribution in [0, 0.1) is 0 Å². The van der Waals surface area contributed by atoms with Crippen LogP contribution < -0.4 is 0 Å². The Bertz CT molecular complexity index is 552. The van der Waals surface area contributed by atoms with Gasteiger partial charge in [0.1, 0.15) is 10.8 Å². The molecule has 0 amide bonds. The molecule has 0 aliphatic carbocycles. The third-order valence-corrected chi connectivity index (χ3v) is 3.03. The molecule has 1 N–H and O–H groups in total. The molecule has 2 aromatic heterocycles. The summed E-state index contributed by atoms with van der Waals surface area (Å²) in [7, 11) is 0. The molecule has 4 heteroatoms. The monoisotopic (exact) mass is 252 g/mol. The van der Waals surface area contributed by atoms with E-state index in [1.807, 2.05) is 16.5 Å². The molecule has 0 saturated carbocycles. The molecular formula is C13H17ClN2O. The molecule has 0 bridgehead atoms. The van der Waals surface area contributed by atoms with Gasteiger partial charge in [0.2, 0.25) is 0 Å². The van der Waals surface area contributed by atoms with E-state index in [1.54, 1.807) is 13.0 Å². The summed E-state index contributed by atoms with van der Waals surface area (Å²) in [6.45, 7) is 7.97. The summed E-state index contributed by atoms with van der Waals surface area (Å²) in [5.41, 5.74) is 2.32. The molecule has 2 aromatic rings. The number of nitrogens with zero attached hydrogens (tertiary/aromatic N) is 2. The van der Waals surface area contributed by atoms with Crippen molar-refractivity contribution in [2.24, 2.45) is 0 Å². The normalized spacial score (nSPS) is 14.2. The fourth-order valence-electron chi connectivity index (χ4n) is 2.01. The van der Waals surface area contributed by atoms with Crippen molar-refractivity contribution in [2.45, 2.75) is 39.2 Å². The Hall–Kier alpha value is -1.06. The number of aliphatic hydroxyl groups excluding tert-OH is 1. The fraction of sp³-hybridized carbons (Fsp3) is 0.462. The van der Waals surface area contributed by atoms with Crippen molar-refractivity contribution in [1.29, 1.82) is 0 Å². The van der Waals surface area contributed by atoms with Gasteiger partial charge in [0.15, 0.2) is 0 Å². The van der Waals surface area contributed by atoms with E-state index >= 15 is 0 Å². The summed E-state index contributed by atoms with van der Waals surface area (Å²) in [5, 5.41) is 10.5. The highest BCUT2D eigenvalue weighted by Crippen LogP contribution is 2.31. The van der Waals surface area contributed by atoms with E-state index in [0.29, 0.717) is 5.15 Å². The van der Waals surface area contributed by atoms with Crippen molar-refractivity contribution >= 4 is 17.2 Å². The first-order valence-electron chi connectivity index (χ1n) is 5.68. The van der Waals surface area contributed by atoms with Crippen molar-refractivity contribution in [1.82, 2.24) is 9.38 Å². The van der Waals surface area contributed by atoms with Crippen LogP contribution in [0.1, 0.15) is 45.2 Å². The Labute approximate surface area is 106 Å². The summed E-state index contributed by atoms with van der Waals surface area (Å²) in [6, 6.07) is 5.56. The van der Waals surface area contributed by atoms with Gasteiger partial charge in [-0.05, 0) is 19.1 Å². The second kappa shape index (κ2) is 4.00. The predicted octanol–water partition coefficient (Wildman–Crippen LogP) is 3.34. The molecule has 2 rings (SSSR count). The van der Waals surface area contributed by atoms with Gasteiger partial charge in [-0.2, -0.15) is 0 Å². The van der Waals surface area contributed by atoms with Gasteiger partial charge in [-0.25, -0.2) is 4.98 Å². The van der Waals surface area contributed by atoms with Crippen molar-refractivity contribution in [2.75, 3.05) is 0 Å². The zero-order valence-electron chi connectivity index (χ0n) is 10.5. The molecule has 0 radical (unpaired) electrons. The van der Waals surface area contributed by atoms with Gasteiger partial charge >= 0.3 is 0 Å². The number of aliphatic hydroxyl groups is 1. The van der Waals surface area contributed by atoms with Crippen LogP contribution >= 0.6 is 11.6 Å². The van der Waals surface area contributed by atoms with Gasteiger partial charge in [0.25, 0.3) is 0 Å². The van der Waals surface area contributed by atoms with Crippen molar-refractivity contribution < 1.29 is 5.11 Å². The second-order valence-corrected chi connectivity index (χ2v) is 5.70. The van der Waals surface area contributed by atoms with Gasteiger partial charge in [-0.1, -0.05) is 38.4 Å². The van der Waals surface area contributed by atoms with E-state index in [9.17, 15) is 5.11 Å². The predicted molar refractivity (Wildman–Crippen MR) is 69.5 cm³/mol. The van der Waals surface area contributed by atoms with Gasteiger partial charge in [-0.3, -0.25) is 4.40 Å². The Morgan fingerprint density at radius 2 is 2.00 bits per heavy atom. The van der Waals surface area contributed by atoms with Crippen LogP contribution in [0.25, 0.3) is 5.65 Å². The molecule has 17 heavy (non-hydrogen) atoms. The molecular weight excluding hydrogens is 236 g/mol. The lowest BCUT2D eigenvalue weighted by molar-refractivity contribution is 0.190. The minimum atomic E-state index is -0.598. The standard InChI is InChI=1S/C13H17ClN2O/c1-8(17)11-12(13(2,3)4)15-10-7-5-6-9(14)16(10)11/h5-8,17H,1-4H3. The molecule has 1 unspecified atom stereocenters. The largest absolute Gasteiger partial charge is 0.387 e. The number of hydrogen-bond acceptors (Lipinski definition) is 2. The van der Waals surface area contributed by atoms with Crippen LogP contribution in [0.3, 0.4) is 0 Å². The van der Waals surface area contributed by atoms with Gasteiger partial charge < -0.3 is 5.11 Å². The van der Waals surface area contributed by atoms with E-state index in [-0.39, 0.29) is 5.41 Å². The number of pyridine rings is 1. The number of hydrogen-bond donors (Lipinski definition) is 1. The first kappa shape index (κ1) is 12.4. The summed E-state index contributed by atoms with van der Waals surface area (Å²) in [6.07, 6.45) is -0.598. The minimum Gasteiger partial charge on any atom is -0.387 e. The van der Waals surface area contributed by atoms with Gasteiger partial charge in [0.05, 0.1) is 17.5 Å². The molecule has 92 valence electrons. The van der Waals surface area contributed by atoms with E-state index in [1.165, 1.54) is 0 Å². The Balaban J connectivity index is 2.86. The molecule has 1 atom stereocenters. The van der Waals surface area contributed by atoms with Gasteiger partial charge in [0, 0.05) is 5.41 Å². The second-order valence-electron chi connectivity index (χ2n) is 5.31. The SMILES string of the molecule is CC(O)c1c(C(C)(C)C)nc2cccc(Cl)n12. The van der Waals surface area contributed by atoms with Crippen LogP contribution in [-0.2, 0) is 5.41 Å². The third kappa shape index (κ3) is 2.05. The summed E-state index contributed by atoms with van der Waals surface area (Å²) >= 11 is 6.18. The van der Waals surface area contributed by atoms with Crippen LogP contribution in [0.2, 0.25) is 5.15 Å². The molecule has 0 aliphatic heterocycles. The molecule has 0 saturated heterocycles. The molecule has 0 aliphatic rings. The lowest BCUT2D eigenvalue weighted by Crippen LogP contribution is -2.16. The molecule has 0 fully saturated rings. The maximum absolute atomic E-state index is 9.96. The number of aromatic nitrogens is 2. The lowest BCUT2D eigenvalue weighted by atomic mass is 9.89. The fourth-order valence-corrected chi connectivity index (χ4v) is 2.26. The number of halogens is 1. The van der Waals surface area contributed by atoms with E-state index in [2.05, 4.69) is 25.8 Å². The average Bonchev–Trinajstić information content (AvgIpc) is 2.57. The zero-order valence-corrected chi connectivity index (χ0v) is 11.3. The first-order chi connectivity index (χ1) is 7.82. The van der Waals surface area contributed by atoms with Crippen LogP contribution in [0.5, 0.6) is 0 Å². The Kier molecular flexibility index (Phi) is 2.92. The average molecular weight is 253 g/mol. The van der Waals surface area contributed by atoms with Crippen LogP contribution in [0.15, 0.2) is 18.2 Å². The summed E-state index contributed by atoms with van der Waals surface area (Å²) in [5.74, 6) is 0. The topological polar surface area (TPSA) is 37.5 Å². The number of fused-ring (bicyclic) bond motifs is 1. The Morgan fingerprint density at radius 1 is 1.35 bits per heavy atom. The van der Waals surface area contributed by atoms with Crippen LogP contribution in [0.4, 0.5) is 0 Å². The lowest BCUT2D eigenvalue weighted by Gasteiger charge is -2.19. The zero-order chi connectivity index (χ0) is 12.8. The molecule has 3 nitrogen and oxygen atoms in total. The van der Waals surface area contributed by atoms with E-state index in [4.69, 9.17) is 11.6 Å². The van der Waals surface area contributed by atoms with E-state index < -0.39 is 6.10 Å². The highest BCUT2D eigenvalue weighted by Gasteiger charge is 2.26. The highest BCUT2D eigenvalue weighted by molar-refractivity contribution is 6.29. The molecule has 0 spiro atoms. The highest BCUT2D eigenvalue weighted by atomic mass is 35.5. The quantitative estimate of drug-likeness (QED) is 0.791. The minimum absolute atomic E-state index is 0.123. The van der Waals surface area contributed by atoms with Crippen molar-refractivity contribution in [3.63, 3.8) is 0 Å². The summed E-state index contributed by atoms with van der Waals surface area (Å²) in [4.78, 5) is 4.58. The number of rotatable bonds is 1. The van der Waals surface area contributed by atoms with Crippen molar-refractivity contribution in [3.8, 4) is 0 Å². The van der Waals surface area contributed by atoms with Crippen LogP contribution in [-0.4, -0.2) is 14.5 Å². The smallest absolute Gasteiger partial charge is 0.138 e. The van der Waals surface area contributed by atoms with Gasteiger partial charge in [-0.15, -0.1) is 0 Å². The third-order valence-electron chi connectivity index (χ3n) is 2.74. The van der Waals surface area contributed by atoms with E-state index in [0.717, 1.165) is 17.0 Å². The maximum Gasteiger partial charge on any atom is 0.138 e. The molecule has 0 aromatic carbocycles. The number of imidazole rings is 1. The maximum atomic E-state index is 9.96. The Morgan fingerprint density at radius 3 is 2.53 bits per heavy atom.